The van der Waals surface area contributed by atoms with Crippen molar-refractivity contribution in [3.8, 4) is 0 Å². The van der Waals surface area contributed by atoms with Crippen LogP contribution in [0.15, 0.2) is 141 Å². The Morgan fingerprint density at radius 3 is 0.541 bits per heavy atom. The van der Waals surface area contributed by atoms with Crippen molar-refractivity contribution in [3.63, 3.8) is 0 Å². The van der Waals surface area contributed by atoms with Crippen LogP contribution in [0.25, 0.3) is 0 Å². The Labute approximate surface area is 242 Å². The van der Waals surface area contributed by atoms with E-state index < -0.39 is 44.3 Å². The molecule has 0 aliphatic rings. The average Bonchev–Trinajstić information content (AvgIpc) is 2.92. The maximum atomic E-state index is 10.2. The fourth-order valence-corrected chi connectivity index (χ4v) is 3.64. The second-order valence-corrected chi connectivity index (χ2v) is 9.95. The summed E-state index contributed by atoms with van der Waals surface area (Å²) >= 11 is -8.32. The van der Waals surface area contributed by atoms with Gasteiger partial charge in [0.1, 0.15) is 0 Å². The molecule has 4 atom stereocenters. The molecular weight excluding hydrogens is 663 g/mol. The second-order valence-electron chi connectivity index (χ2n) is 6.19. The SMILES string of the molecule is O=S([O-])c1ccccc1.O=S([O-])c1ccccc1.O=S([O-])c1ccccc1.O=S([O-])c1ccccc1.[Sn+4]. The summed E-state index contributed by atoms with van der Waals surface area (Å²) in [7, 11) is 0. The van der Waals surface area contributed by atoms with Crippen LogP contribution in [0.3, 0.4) is 0 Å². The minimum Gasteiger partial charge on any atom is -0.768 e. The van der Waals surface area contributed by atoms with E-state index in [4.69, 9.17) is 0 Å². The van der Waals surface area contributed by atoms with E-state index in [0.29, 0.717) is 19.6 Å². The Morgan fingerprint density at radius 2 is 0.459 bits per heavy atom. The second kappa shape index (κ2) is 21.1. The van der Waals surface area contributed by atoms with Gasteiger partial charge in [0, 0.05) is 19.6 Å². The smallest absolute Gasteiger partial charge is 0.768 e. The van der Waals surface area contributed by atoms with Crippen LogP contribution in [0.4, 0.5) is 0 Å². The largest absolute Gasteiger partial charge is 4.00 e. The Balaban J connectivity index is 0.000000463. The summed E-state index contributed by atoms with van der Waals surface area (Å²) in [6.45, 7) is 0. The van der Waals surface area contributed by atoms with Crippen LogP contribution < -0.4 is 0 Å². The third kappa shape index (κ3) is 16.5. The van der Waals surface area contributed by atoms with Crippen molar-refractivity contribution in [3.05, 3.63) is 121 Å². The molecule has 0 saturated carbocycles. The molecule has 192 valence electrons. The molecule has 0 radical (unpaired) electrons. The Morgan fingerprint density at radius 1 is 0.324 bits per heavy atom. The summed E-state index contributed by atoms with van der Waals surface area (Å²) in [5, 5.41) is 0. The molecule has 0 aliphatic carbocycles. The van der Waals surface area contributed by atoms with Crippen molar-refractivity contribution < 1.29 is 35.0 Å². The van der Waals surface area contributed by atoms with Crippen LogP contribution >= 0.6 is 0 Å². The first-order valence-electron chi connectivity index (χ1n) is 9.79. The van der Waals surface area contributed by atoms with Crippen LogP contribution in [-0.2, 0) is 44.3 Å². The Kier molecular flexibility index (Phi) is 20.0. The summed E-state index contributed by atoms with van der Waals surface area (Å²) in [4.78, 5) is 1.32. The Bertz CT molecular complexity index is 1030. The van der Waals surface area contributed by atoms with E-state index >= 15 is 0 Å². The van der Waals surface area contributed by atoms with Gasteiger partial charge in [0.2, 0.25) is 0 Å². The fraction of sp³-hybridized carbons (Fsp3) is 0. The van der Waals surface area contributed by atoms with Gasteiger partial charge in [-0.3, -0.25) is 16.8 Å². The molecule has 0 amide bonds. The number of hydrogen-bond acceptors (Lipinski definition) is 8. The van der Waals surface area contributed by atoms with Crippen molar-refractivity contribution >= 4 is 68.2 Å². The summed E-state index contributed by atoms with van der Waals surface area (Å²) < 4.78 is 81.6. The van der Waals surface area contributed by atoms with Gasteiger partial charge in [0.25, 0.3) is 0 Å². The summed E-state index contributed by atoms with van der Waals surface area (Å²) in [5.74, 6) is 0. The average molecular weight is 683 g/mol. The zero-order valence-electron chi connectivity index (χ0n) is 18.9. The van der Waals surface area contributed by atoms with Crippen molar-refractivity contribution in [2.24, 2.45) is 0 Å². The van der Waals surface area contributed by atoms with Gasteiger partial charge in [-0.05, 0) is 92.9 Å². The van der Waals surface area contributed by atoms with Gasteiger partial charge in [-0.2, -0.15) is 0 Å². The molecule has 0 saturated heterocycles. The maximum Gasteiger partial charge on any atom is 4.00 e. The van der Waals surface area contributed by atoms with Gasteiger partial charge < -0.3 is 18.2 Å². The van der Waals surface area contributed by atoms with E-state index in [1.807, 2.05) is 0 Å². The van der Waals surface area contributed by atoms with E-state index in [1.165, 1.54) is 0 Å². The van der Waals surface area contributed by atoms with Crippen molar-refractivity contribution in [2.45, 2.75) is 19.6 Å². The molecule has 37 heavy (non-hydrogen) atoms. The van der Waals surface area contributed by atoms with Crippen molar-refractivity contribution in [2.75, 3.05) is 0 Å². The number of rotatable bonds is 4. The molecular formula is C24H20O8S4Sn. The van der Waals surface area contributed by atoms with Gasteiger partial charge in [0.05, 0.1) is 0 Å². The quantitative estimate of drug-likeness (QED) is 0.234. The monoisotopic (exact) mass is 684 g/mol. The van der Waals surface area contributed by atoms with Crippen molar-refractivity contribution in [1.29, 1.82) is 0 Å². The van der Waals surface area contributed by atoms with E-state index in [2.05, 4.69) is 0 Å². The number of benzene rings is 4. The third-order valence-corrected chi connectivity index (χ3v) is 6.37. The molecule has 4 unspecified atom stereocenters. The first-order valence-corrected chi connectivity index (χ1v) is 14.1. The summed E-state index contributed by atoms with van der Waals surface area (Å²) in [5.41, 5.74) is 0. The molecule has 13 heteroatoms. The normalized spacial score (nSPS) is 12.6. The summed E-state index contributed by atoms with van der Waals surface area (Å²) in [6.07, 6.45) is 0. The van der Waals surface area contributed by atoms with Crippen LogP contribution in [0, 0.1) is 0 Å². The minimum atomic E-state index is -2.08. The maximum absolute atomic E-state index is 10.2. The van der Waals surface area contributed by atoms with E-state index in [9.17, 15) is 35.0 Å². The first-order chi connectivity index (χ1) is 17.2. The molecule has 4 rings (SSSR count). The third-order valence-electron chi connectivity index (χ3n) is 3.74. The first kappa shape index (κ1) is 35.1. The molecule has 0 N–H and O–H groups in total. The minimum absolute atomic E-state index is 0. The summed E-state index contributed by atoms with van der Waals surface area (Å²) in [6, 6.07) is 32.9. The molecule has 0 fully saturated rings. The topological polar surface area (TPSA) is 161 Å². The van der Waals surface area contributed by atoms with Gasteiger partial charge in [-0.1, -0.05) is 72.8 Å². The van der Waals surface area contributed by atoms with Crippen molar-refractivity contribution in [1.82, 2.24) is 0 Å². The molecule has 0 aromatic heterocycles. The van der Waals surface area contributed by atoms with Gasteiger partial charge in [-0.25, -0.2) is 0 Å². The van der Waals surface area contributed by atoms with E-state index in [0.717, 1.165) is 0 Å². The molecule has 0 spiro atoms. The fourth-order valence-electron chi connectivity index (χ4n) is 2.13. The standard InChI is InChI=1S/4C6H6O2S.Sn/c4*7-9(8)6-4-2-1-3-5-6;/h4*1-5H,(H,7,8);/q;;;;+4/p-4. The van der Waals surface area contributed by atoms with E-state index in [-0.39, 0.29) is 23.9 Å². The van der Waals surface area contributed by atoms with Crippen LogP contribution in [0.5, 0.6) is 0 Å². The zero-order valence-corrected chi connectivity index (χ0v) is 25.1. The molecule has 0 bridgehead atoms. The van der Waals surface area contributed by atoms with Crippen LogP contribution in [-0.4, -0.2) is 59.0 Å². The van der Waals surface area contributed by atoms with Gasteiger partial charge >= 0.3 is 23.9 Å². The Hall–Kier alpha value is -1.88. The zero-order chi connectivity index (χ0) is 26.8. The van der Waals surface area contributed by atoms with Crippen LogP contribution in [0.1, 0.15) is 0 Å². The predicted molar refractivity (Wildman–Crippen MR) is 140 cm³/mol. The van der Waals surface area contributed by atoms with Gasteiger partial charge in [0.15, 0.2) is 0 Å². The molecule has 4 aromatic carbocycles. The van der Waals surface area contributed by atoms with Gasteiger partial charge in [-0.15, -0.1) is 0 Å². The van der Waals surface area contributed by atoms with E-state index in [1.54, 1.807) is 121 Å². The molecule has 4 aromatic rings. The molecule has 8 nitrogen and oxygen atoms in total. The predicted octanol–water partition coefficient (Wildman–Crippen LogP) is 3.32. The van der Waals surface area contributed by atoms with Crippen LogP contribution in [0.2, 0.25) is 0 Å². The number of hydrogen-bond donors (Lipinski definition) is 0. The molecule has 0 heterocycles. The molecule has 0 aliphatic heterocycles.